The predicted octanol–water partition coefficient (Wildman–Crippen LogP) is 2.95. The Balaban J connectivity index is 1.42. The molecule has 2 amide bonds. The summed E-state index contributed by atoms with van der Waals surface area (Å²) in [6.45, 7) is 2.88. The maximum Gasteiger partial charge on any atom is 0.287 e. The number of hydrogen-bond acceptors (Lipinski definition) is 5. The minimum atomic E-state index is -0.634. The van der Waals surface area contributed by atoms with Gasteiger partial charge < -0.3 is 19.1 Å². The van der Waals surface area contributed by atoms with Crippen molar-refractivity contribution in [2.24, 2.45) is 0 Å². The number of para-hydroxylation sites is 2. The fraction of sp³-hybridized carbons (Fsp3) is 0.350. The molecule has 3 aromatic rings. The first kappa shape index (κ1) is 17.3. The molecule has 0 radical (unpaired) electrons. The third-order valence-electron chi connectivity index (χ3n) is 4.86. The van der Waals surface area contributed by atoms with Crippen LogP contribution in [0.1, 0.15) is 42.1 Å². The molecule has 1 N–H and O–H groups in total. The van der Waals surface area contributed by atoms with Gasteiger partial charge in [-0.25, -0.2) is 4.98 Å². The summed E-state index contributed by atoms with van der Waals surface area (Å²) in [5, 5.41) is 2.69. The van der Waals surface area contributed by atoms with Crippen molar-refractivity contribution in [1.29, 1.82) is 0 Å². The van der Waals surface area contributed by atoms with E-state index >= 15 is 0 Å². The van der Waals surface area contributed by atoms with Crippen molar-refractivity contribution in [2.75, 3.05) is 13.1 Å². The van der Waals surface area contributed by atoms with Crippen LogP contribution in [0.25, 0.3) is 11.1 Å². The molecule has 0 saturated carbocycles. The molecular formula is C20H21N3O4. The molecule has 2 aromatic heterocycles. The third-order valence-corrected chi connectivity index (χ3v) is 4.86. The van der Waals surface area contributed by atoms with E-state index in [1.54, 1.807) is 24.0 Å². The quantitative estimate of drug-likeness (QED) is 0.766. The van der Waals surface area contributed by atoms with Crippen LogP contribution in [-0.4, -0.2) is 40.8 Å². The topological polar surface area (TPSA) is 88.6 Å². The Morgan fingerprint density at radius 3 is 2.89 bits per heavy atom. The summed E-state index contributed by atoms with van der Waals surface area (Å²) in [5.41, 5.74) is 1.59. The van der Waals surface area contributed by atoms with E-state index in [0.717, 1.165) is 23.9 Å². The van der Waals surface area contributed by atoms with Gasteiger partial charge in [-0.1, -0.05) is 12.1 Å². The van der Waals surface area contributed by atoms with Gasteiger partial charge in [-0.3, -0.25) is 9.59 Å². The molecule has 1 aliphatic heterocycles. The lowest BCUT2D eigenvalue weighted by Gasteiger charge is -2.33. The largest absolute Gasteiger partial charge is 0.459 e. The van der Waals surface area contributed by atoms with Crippen LogP contribution in [-0.2, 0) is 4.79 Å². The summed E-state index contributed by atoms with van der Waals surface area (Å²) in [6.07, 6.45) is 3.22. The molecule has 1 aliphatic rings. The van der Waals surface area contributed by atoms with Gasteiger partial charge in [0.1, 0.15) is 11.6 Å². The van der Waals surface area contributed by atoms with Crippen molar-refractivity contribution in [1.82, 2.24) is 15.2 Å². The molecule has 2 atom stereocenters. The highest BCUT2D eigenvalue weighted by Crippen LogP contribution is 2.29. The number of carbonyl (C=O) groups is 2. The van der Waals surface area contributed by atoms with E-state index in [4.69, 9.17) is 8.83 Å². The number of fused-ring (bicyclic) bond motifs is 1. The Hall–Kier alpha value is -3.09. The Labute approximate surface area is 156 Å². The highest BCUT2D eigenvalue weighted by molar-refractivity contribution is 5.95. The Kier molecular flexibility index (Phi) is 4.66. The Morgan fingerprint density at radius 1 is 1.26 bits per heavy atom. The first-order chi connectivity index (χ1) is 13.1. The van der Waals surface area contributed by atoms with E-state index in [0.29, 0.717) is 19.0 Å². The van der Waals surface area contributed by atoms with Crippen molar-refractivity contribution in [3.63, 3.8) is 0 Å². The molecule has 3 heterocycles. The minimum Gasteiger partial charge on any atom is -0.459 e. The predicted molar refractivity (Wildman–Crippen MR) is 98.2 cm³/mol. The Morgan fingerprint density at radius 2 is 2.11 bits per heavy atom. The van der Waals surface area contributed by atoms with E-state index in [9.17, 15) is 9.59 Å². The zero-order valence-electron chi connectivity index (χ0n) is 15.1. The number of rotatable bonds is 4. The average molecular weight is 367 g/mol. The summed E-state index contributed by atoms with van der Waals surface area (Å²) in [7, 11) is 0. The standard InChI is InChI=1S/C20H21N3O4/c1-13(21-18(24)17-9-5-11-26-17)20(25)23-10-4-6-14(12-23)19-22-15-7-2-3-8-16(15)27-19/h2-3,5,7-9,11,13-14H,4,6,10,12H2,1H3,(H,21,24). The molecule has 2 unspecified atom stereocenters. The van der Waals surface area contributed by atoms with Gasteiger partial charge in [0.2, 0.25) is 5.91 Å². The molecule has 4 rings (SSSR count). The summed E-state index contributed by atoms with van der Waals surface area (Å²) >= 11 is 0. The van der Waals surface area contributed by atoms with Gasteiger partial charge in [0.05, 0.1) is 12.2 Å². The van der Waals surface area contributed by atoms with Crippen molar-refractivity contribution < 1.29 is 18.4 Å². The molecule has 0 aliphatic carbocycles. The van der Waals surface area contributed by atoms with Gasteiger partial charge in [-0.2, -0.15) is 0 Å². The molecule has 1 fully saturated rings. The molecule has 27 heavy (non-hydrogen) atoms. The summed E-state index contributed by atoms with van der Waals surface area (Å²) in [5.74, 6) is 0.408. The lowest BCUT2D eigenvalue weighted by atomic mass is 9.97. The highest BCUT2D eigenvalue weighted by atomic mass is 16.3. The van der Waals surface area contributed by atoms with Crippen LogP contribution in [0.2, 0.25) is 0 Å². The number of piperidine rings is 1. The molecule has 1 saturated heterocycles. The lowest BCUT2D eigenvalue weighted by molar-refractivity contribution is -0.134. The van der Waals surface area contributed by atoms with Crippen LogP contribution >= 0.6 is 0 Å². The van der Waals surface area contributed by atoms with Crippen LogP contribution in [0.3, 0.4) is 0 Å². The zero-order chi connectivity index (χ0) is 18.8. The smallest absolute Gasteiger partial charge is 0.287 e. The summed E-state index contributed by atoms with van der Waals surface area (Å²) in [6, 6.07) is 10.2. The summed E-state index contributed by atoms with van der Waals surface area (Å²) in [4.78, 5) is 31.2. The second kappa shape index (κ2) is 7.26. The van der Waals surface area contributed by atoms with Crippen LogP contribution in [0.5, 0.6) is 0 Å². The van der Waals surface area contributed by atoms with Crippen molar-refractivity contribution in [2.45, 2.75) is 31.7 Å². The molecule has 0 bridgehead atoms. The first-order valence-electron chi connectivity index (χ1n) is 9.10. The number of furan rings is 1. The van der Waals surface area contributed by atoms with Crippen molar-refractivity contribution in [3.8, 4) is 0 Å². The van der Waals surface area contributed by atoms with E-state index in [2.05, 4.69) is 10.3 Å². The average Bonchev–Trinajstić information content (AvgIpc) is 3.37. The maximum absolute atomic E-state index is 12.8. The molecule has 0 spiro atoms. The van der Waals surface area contributed by atoms with E-state index < -0.39 is 11.9 Å². The Bertz CT molecular complexity index is 914. The molecule has 1 aromatic carbocycles. The van der Waals surface area contributed by atoms with Gasteiger partial charge in [0.25, 0.3) is 5.91 Å². The van der Waals surface area contributed by atoms with Crippen LogP contribution < -0.4 is 5.32 Å². The molecule has 140 valence electrons. The minimum absolute atomic E-state index is 0.0584. The van der Waals surface area contributed by atoms with Crippen LogP contribution in [0, 0.1) is 0 Å². The number of hydrogen-bond donors (Lipinski definition) is 1. The second-order valence-corrected chi connectivity index (χ2v) is 6.82. The fourth-order valence-corrected chi connectivity index (χ4v) is 3.45. The third kappa shape index (κ3) is 3.58. The second-order valence-electron chi connectivity index (χ2n) is 6.82. The molecular weight excluding hydrogens is 346 g/mol. The SMILES string of the molecule is CC(NC(=O)c1ccco1)C(=O)N1CCCC(c2nc3ccccc3o2)C1. The molecule has 7 nitrogen and oxygen atoms in total. The highest BCUT2D eigenvalue weighted by Gasteiger charge is 2.31. The van der Waals surface area contributed by atoms with Gasteiger partial charge in [0.15, 0.2) is 17.2 Å². The van der Waals surface area contributed by atoms with Gasteiger partial charge in [-0.05, 0) is 44.0 Å². The number of nitrogens with one attached hydrogen (secondary N) is 1. The number of benzene rings is 1. The first-order valence-corrected chi connectivity index (χ1v) is 9.10. The summed E-state index contributed by atoms with van der Waals surface area (Å²) < 4.78 is 10.9. The van der Waals surface area contributed by atoms with Crippen molar-refractivity contribution in [3.05, 3.63) is 54.3 Å². The lowest BCUT2D eigenvalue weighted by Crippen LogP contribution is -2.49. The van der Waals surface area contributed by atoms with E-state index in [1.807, 2.05) is 24.3 Å². The zero-order valence-corrected chi connectivity index (χ0v) is 15.1. The normalized spacial score (nSPS) is 18.4. The fourth-order valence-electron chi connectivity index (χ4n) is 3.45. The van der Waals surface area contributed by atoms with Crippen LogP contribution in [0.4, 0.5) is 0 Å². The number of nitrogens with zero attached hydrogens (tertiary/aromatic N) is 2. The number of carbonyl (C=O) groups excluding carboxylic acids is 2. The van der Waals surface area contributed by atoms with Gasteiger partial charge >= 0.3 is 0 Å². The van der Waals surface area contributed by atoms with E-state index in [1.165, 1.54) is 6.26 Å². The number of oxazole rings is 1. The maximum atomic E-state index is 12.8. The monoisotopic (exact) mass is 367 g/mol. The number of likely N-dealkylation sites (tertiary alicyclic amines) is 1. The van der Waals surface area contributed by atoms with E-state index in [-0.39, 0.29) is 17.6 Å². The number of amides is 2. The van der Waals surface area contributed by atoms with Crippen molar-refractivity contribution >= 4 is 22.9 Å². The van der Waals surface area contributed by atoms with Gasteiger partial charge in [0, 0.05) is 13.1 Å². The van der Waals surface area contributed by atoms with Gasteiger partial charge in [-0.15, -0.1) is 0 Å². The number of aromatic nitrogens is 1. The molecule has 7 heteroatoms. The van der Waals surface area contributed by atoms with Crippen LogP contribution in [0.15, 0.2) is 51.5 Å².